The van der Waals surface area contributed by atoms with Gasteiger partial charge in [0.1, 0.15) is 0 Å². The minimum Gasteiger partial charge on any atom is -0.302 e. The van der Waals surface area contributed by atoms with Gasteiger partial charge in [0.15, 0.2) is 0 Å². The van der Waals surface area contributed by atoms with Gasteiger partial charge in [-0.05, 0) is 33.4 Å². The molecule has 0 bridgehead atoms. The Morgan fingerprint density at radius 1 is 0.333 bits per heavy atom. The molecule has 5 aromatic rings. The first-order valence-corrected chi connectivity index (χ1v) is 12.6. The van der Waals surface area contributed by atoms with E-state index >= 15 is 0 Å². The van der Waals surface area contributed by atoms with Crippen LogP contribution in [0.2, 0.25) is 0 Å². The summed E-state index contributed by atoms with van der Waals surface area (Å²) in [4.78, 5) is 0. The van der Waals surface area contributed by atoms with Gasteiger partial charge in [0, 0.05) is 13.1 Å². The van der Waals surface area contributed by atoms with Crippen molar-refractivity contribution in [2.75, 3.05) is 0 Å². The van der Waals surface area contributed by atoms with E-state index in [0.717, 1.165) is 13.1 Å². The molecule has 2 nitrogen and oxygen atoms in total. The van der Waals surface area contributed by atoms with Crippen molar-refractivity contribution >= 4 is 0 Å². The number of nitrogens with one attached hydrogen (secondary N) is 2. The fourth-order valence-corrected chi connectivity index (χ4v) is 4.65. The molecule has 0 aliphatic carbocycles. The topological polar surface area (TPSA) is 24.1 Å². The SMILES string of the molecule is c1ccc(C(NCc2ccc(CNC(c3ccccc3)c3ccccc3)cc2)c2ccccc2)cc1. The molecule has 178 valence electrons. The lowest BCUT2D eigenvalue weighted by atomic mass is 9.98. The van der Waals surface area contributed by atoms with Gasteiger partial charge in [-0.1, -0.05) is 146 Å². The maximum atomic E-state index is 3.77. The van der Waals surface area contributed by atoms with E-state index in [9.17, 15) is 0 Å². The molecule has 2 heteroatoms. The molecule has 0 saturated heterocycles. The van der Waals surface area contributed by atoms with Crippen LogP contribution in [0.25, 0.3) is 0 Å². The predicted octanol–water partition coefficient (Wildman–Crippen LogP) is 7.45. The van der Waals surface area contributed by atoms with Crippen LogP contribution in [0.15, 0.2) is 146 Å². The molecule has 0 aliphatic rings. The van der Waals surface area contributed by atoms with Crippen LogP contribution in [-0.2, 0) is 13.1 Å². The lowest BCUT2D eigenvalue weighted by molar-refractivity contribution is 0.600. The summed E-state index contributed by atoms with van der Waals surface area (Å²) in [7, 11) is 0. The molecular weight excluding hydrogens is 436 g/mol. The maximum Gasteiger partial charge on any atom is 0.0579 e. The van der Waals surface area contributed by atoms with E-state index in [-0.39, 0.29) is 12.1 Å². The fraction of sp³-hybridized carbons (Fsp3) is 0.118. The Balaban J connectivity index is 1.25. The van der Waals surface area contributed by atoms with Crippen molar-refractivity contribution in [2.45, 2.75) is 25.2 Å². The fourth-order valence-electron chi connectivity index (χ4n) is 4.65. The Hall–Kier alpha value is -3.98. The minimum absolute atomic E-state index is 0.159. The van der Waals surface area contributed by atoms with E-state index in [1.54, 1.807) is 0 Å². The van der Waals surface area contributed by atoms with E-state index < -0.39 is 0 Å². The molecule has 0 radical (unpaired) electrons. The Kier molecular flexibility index (Phi) is 8.00. The second kappa shape index (κ2) is 12.1. The van der Waals surface area contributed by atoms with Crippen LogP contribution in [0, 0.1) is 0 Å². The highest BCUT2D eigenvalue weighted by molar-refractivity contribution is 5.34. The second-order valence-electron chi connectivity index (χ2n) is 9.09. The lowest BCUT2D eigenvalue weighted by Gasteiger charge is -2.21. The van der Waals surface area contributed by atoms with Crippen molar-refractivity contribution in [3.8, 4) is 0 Å². The molecule has 0 aromatic heterocycles. The highest BCUT2D eigenvalue weighted by Crippen LogP contribution is 2.24. The smallest absolute Gasteiger partial charge is 0.0579 e. The minimum atomic E-state index is 0.159. The van der Waals surface area contributed by atoms with Gasteiger partial charge < -0.3 is 10.6 Å². The van der Waals surface area contributed by atoms with Gasteiger partial charge in [-0.15, -0.1) is 0 Å². The second-order valence-corrected chi connectivity index (χ2v) is 9.09. The van der Waals surface area contributed by atoms with Crippen molar-refractivity contribution in [3.05, 3.63) is 179 Å². The molecule has 0 heterocycles. The summed E-state index contributed by atoms with van der Waals surface area (Å²) in [6.45, 7) is 1.61. The molecule has 0 saturated carbocycles. The molecule has 5 aromatic carbocycles. The molecule has 5 rings (SSSR count). The van der Waals surface area contributed by atoms with Crippen LogP contribution in [0.5, 0.6) is 0 Å². The van der Waals surface area contributed by atoms with Crippen molar-refractivity contribution in [1.29, 1.82) is 0 Å². The van der Waals surface area contributed by atoms with Crippen molar-refractivity contribution in [1.82, 2.24) is 10.6 Å². The van der Waals surface area contributed by atoms with Gasteiger partial charge in [0.05, 0.1) is 12.1 Å². The van der Waals surface area contributed by atoms with Gasteiger partial charge in [-0.25, -0.2) is 0 Å². The zero-order valence-corrected chi connectivity index (χ0v) is 20.4. The monoisotopic (exact) mass is 468 g/mol. The van der Waals surface area contributed by atoms with Crippen LogP contribution >= 0.6 is 0 Å². The van der Waals surface area contributed by atoms with Crippen molar-refractivity contribution in [2.24, 2.45) is 0 Å². The molecule has 36 heavy (non-hydrogen) atoms. The summed E-state index contributed by atoms with van der Waals surface area (Å²) in [6, 6.07) is 51.9. The Bertz CT molecular complexity index is 1120. The molecule has 0 atom stereocenters. The lowest BCUT2D eigenvalue weighted by Crippen LogP contribution is -2.22. The third-order valence-corrected chi connectivity index (χ3v) is 6.58. The number of benzene rings is 5. The van der Waals surface area contributed by atoms with Gasteiger partial charge in [-0.3, -0.25) is 0 Å². The summed E-state index contributed by atoms with van der Waals surface area (Å²) in [5.74, 6) is 0. The summed E-state index contributed by atoms with van der Waals surface area (Å²) in [5, 5.41) is 7.53. The van der Waals surface area contributed by atoms with Crippen LogP contribution < -0.4 is 10.6 Å². The first-order valence-electron chi connectivity index (χ1n) is 12.6. The predicted molar refractivity (Wildman–Crippen MR) is 150 cm³/mol. The van der Waals surface area contributed by atoms with Gasteiger partial charge in [0.2, 0.25) is 0 Å². The Morgan fingerprint density at radius 2 is 0.583 bits per heavy atom. The third-order valence-electron chi connectivity index (χ3n) is 6.58. The van der Waals surface area contributed by atoms with Crippen molar-refractivity contribution in [3.63, 3.8) is 0 Å². The molecule has 0 spiro atoms. The van der Waals surface area contributed by atoms with Crippen LogP contribution in [-0.4, -0.2) is 0 Å². The maximum absolute atomic E-state index is 3.77. The average Bonchev–Trinajstić information content (AvgIpc) is 2.96. The molecule has 0 amide bonds. The first-order chi connectivity index (χ1) is 17.9. The number of hydrogen-bond donors (Lipinski definition) is 2. The molecule has 0 unspecified atom stereocenters. The summed E-state index contributed by atoms with van der Waals surface area (Å²) in [6.07, 6.45) is 0. The van der Waals surface area contributed by atoms with E-state index in [2.05, 4.69) is 156 Å². The normalized spacial score (nSPS) is 11.2. The quantitative estimate of drug-likeness (QED) is 0.222. The van der Waals surface area contributed by atoms with E-state index in [0.29, 0.717) is 0 Å². The summed E-state index contributed by atoms with van der Waals surface area (Å²) >= 11 is 0. The summed E-state index contributed by atoms with van der Waals surface area (Å²) < 4.78 is 0. The van der Waals surface area contributed by atoms with Crippen LogP contribution in [0.1, 0.15) is 45.5 Å². The molecule has 2 N–H and O–H groups in total. The molecule has 0 fully saturated rings. The van der Waals surface area contributed by atoms with E-state index in [1.165, 1.54) is 33.4 Å². The molecular formula is C34H32N2. The first kappa shape index (κ1) is 23.7. The zero-order chi connectivity index (χ0) is 24.4. The average molecular weight is 469 g/mol. The Morgan fingerprint density at radius 3 is 0.833 bits per heavy atom. The van der Waals surface area contributed by atoms with E-state index in [1.807, 2.05) is 0 Å². The number of hydrogen-bond acceptors (Lipinski definition) is 2. The largest absolute Gasteiger partial charge is 0.302 e. The van der Waals surface area contributed by atoms with Gasteiger partial charge >= 0.3 is 0 Å². The van der Waals surface area contributed by atoms with Crippen molar-refractivity contribution < 1.29 is 0 Å². The van der Waals surface area contributed by atoms with Crippen LogP contribution in [0.4, 0.5) is 0 Å². The standard InChI is InChI=1S/C34H32N2/c1-5-13-29(14-6-1)33(30-15-7-2-8-16-30)35-25-27-21-23-28(24-22-27)26-36-34(31-17-9-3-10-18-31)32-19-11-4-12-20-32/h1-24,33-36H,25-26H2. The van der Waals surface area contributed by atoms with E-state index in [4.69, 9.17) is 0 Å². The highest BCUT2D eigenvalue weighted by atomic mass is 14.9. The summed E-state index contributed by atoms with van der Waals surface area (Å²) in [5.41, 5.74) is 7.65. The number of rotatable bonds is 10. The Labute approximate surface area is 214 Å². The van der Waals surface area contributed by atoms with Gasteiger partial charge in [0.25, 0.3) is 0 Å². The van der Waals surface area contributed by atoms with Crippen LogP contribution in [0.3, 0.4) is 0 Å². The highest BCUT2D eigenvalue weighted by Gasteiger charge is 2.14. The third kappa shape index (κ3) is 6.17. The zero-order valence-electron chi connectivity index (χ0n) is 20.4. The molecule has 0 aliphatic heterocycles. The van der Waals surface area contributed by atoms with Gasteiger partial charge in [-0.2, -0.15) is 0 Å².